The Morgan fingerprint density at radius 3 is 2.65 bits per heavy atom. The molecule has 69 heavy (non-hydrogen) atoms. The molecule has 1 saturated heterocycles. The minimum atomic E-state index is -1.44. The van der Waals surface area contributed by atoms with Crippen LogP contribution >= 0.6 is 0 Å². The molecule has 9 atom stereocenters. The highest BCUT2D eigenvalue weighted by Gasteiger charge is 2.68. The molecular formula is C54H66N2O13. The van der Waals surface area contributed by atoms with Gasteiger partial charge in [0, 0.05) is 87.0 Å². The van der Waals surface area contributed by atoms with Crippen LogP contribution in [0.5, 0.6) is 17.2 Å². The second-order valence-corrected chi connectivity index (χ2v) is 20.4. The molecule has 0 unspecified atom stereocenters. The molecule has 3 aromatic rings. The van der Waals surface area contributed by atoms with Gasteiger partial charge >= 0.3 is 5.97 Å². The second kappa shape index (κ2) is 19.4. The van der Waals surface area contributed by atoms with Gasteiger partial charge in [-0.25, -0.2) is 4.79 Å². The van der Waals surface area contributed by atoms with Gasteiger partial charge in [0.15, 0.2) is 11.9 Å². The molecule has 3 aliphatic carbocycles. The normalized spacial score (nSPS) is 31.8. The summed E-state index contributed by atoms with van der Waals surface area (Å²) >= 11 is 0. The van der Waals surface area contributed by atoms with Crippen LogP contribution in [-0.4, -0.2) is 131 Å². The number of methoxy groups -OCH3 is 1. The fraction of sp³-hybridized carbons (Fsp3) is 0.574. The molecule has 0 amide bonds. The van der Waals surface area contributed by atoms with Crippen LogP contribution in [0.4, 0.5) is 0 Å². The molecule has 15 heteroatoms. The maximum Gasteiger partial charge on any atom is 0.375 e. The standard InChI is InChI=1S/C54H66N2O13/c1-3-66-52(63)51-40(27-60)45-35-19-36(26-59)47(62)38(21-35)37-20-33-10-14-55-44(33)22-32(37)6-5-30(25-58)29-67-49-39-23-53(69-48(39)41(28-61)50(68-51)46(45)49)13-9-31(12-17-57)42-8-7-34-24-56(15-4-18-65-2)16-11-43(34)54(42,53)64/h9-10,13-14,20,22,27,30-31,34,36,38,42-43,55,57-59,61,64H,3-8,11-12,15-19,21,23-26,28-29H2,1-2H3/b45-35+/t30-,31+,34-,36-,38-,42-,43+,53+,54-/m1/s1. The molecule has 7 aliphatic rings. The zero-order valence-electron chi connectivity index (χ0n) is 39.7. The fourth-order valence-corrected chi connectivity index (χ4v) is 13.6. The van der Waals surface area contributed by atoms with Crippen molar-refractivity contribution in [2.24, 2.45) is 35.5 Å². The van der Waals surface area contributed by atoms with Crippen LogP contribution in [0.1, 0.15) is 92.0 Å². The van der Waals surface area contributed by atoms with Crippen molar-refractivity contribution in [3.63, 3.8) is 0 Å². The molecule has 15 nitrogen and oxygen atoms in total. The van der Waals surface area contributed by atoms with Gasteiger partial charge in [-0.1, -0.05) is 11.6 Å². The molecule has 3 fully saturated rings. The van der Waals surface area contributed by atoms with Gasteiger partial charge in [-0.15, -0.1) is 0 Å². The number of likely N-dealkylation sites (tertiary alicyclic amines) is 1. The number of aldehydes is 1. The van der Waals surface area contributed by atoms with Gasteiger partial charge in [-0.3, -0.25) is 9.59 Å². The maximum atomic E-state index is 14.6. The third kappa shape index (κ3) is 7.87. The Morgan fingerprint density at radius 1 is 1.04 bits per heavy atom. The van der Waals surface area contributed by atoms with Crippen molar-refractivity contribution in [3.8, 4) is 17.2 Å². The number of carbonyl (C=O) groups excluding carboxylic acids is 3. The number of benzene rings is 2. The fourth-order valence-electron chi connectivity index (χ4n) is 13.6. The monoisotopic (exact) mass is 950 g/mol. The Morgan fingerprint density at radius 2 is 1.90 bits per heavy atom. The van der Waals surface area contributed by atoms with Gasteiger partial charge in [0.1, 0.15) is 28.6 Å². The number of esters is 1. The van der Waals surface area contributed by atoms with Crippen LogP contribution in [0.3, 0.4) is 0 Å². The number of nitrogens with one attached hydrogen (secondary N) is 1. The third-order valence-electron chi connectivity index (χ3n) is 16.9. The van der Waals surface area contributed by atoms with Gasteiger partial charge < -0.3 is 59.1 Å². The topological polar surface area (TPSA) is 218 Å². The molecule has 1 spiro atoms. The number of Topliss-reactive ketones (excluding diaryl/α,β-unsaturated/α-hetero) is 1. The van der Waals surface area contributed by atoms with Crippen LogP contribution in [-0.2, 0) is 43.3 Å². The molecular weight excluding hydrogens is 885 g/mol. The molecule has 10 rings (SSSR count). The Hall–Kier alpha value is -4.87. The number of aromatic amines is 1. The molecule has 1 aromatic heterocycles. The van der Waals surface area contributed by atoms with E-state index in [1.165, 1.54) is 0 Å². The number of aliphatic hydroxyl groups is 5. The van der Waals surface area contributed by atoms with Crippen LogP contribution in [0, 0.1) is 35.5 Å². The molecule has 370 valence electrons. The van der Waals surface area contributed by atoms with Crippen LogP contribution in [0.15, 0.2) is 53.5 Å². The molecule has 0 radical (unpaired) electrons. The number of ketones is 1. The molecule has 5 heterocycles. The van der Waals surface area contributed by atoms with Crippen molar-refractivity contribution in [2.45, 2.75) is 94.9 Å². The molecule has 2 bridgehead atoms. The van der Waals surface area contributed by atoms with E-state index in [9.17, 15) is 39.9 Å². The number of aromatic nitrogens is 1. The van der Waals surface area contributed by atoms with Crippen molar-refractivity contribution >= 4 is 34.5 Å². The first-order chi connectivity index (χ1) is 33.6. The number of rotatable bonds is 12. The molecule has 2 saturated carbocycles. The number of fused-ring (bicyclic) bond motifs is 11. The highest BCUT2D eigenvalue weighted by Crippen LogP contribution is 2.64. The minimum Gasteiger partial charge on any atom is -0.492 e. The van der Waals surface area contributed by atoms with E-state index in [2.05, 4.69) is 16.0 Å². The van der Waals surface area contributed by atoms with Gasteiger partial charge in [0.05, 0.1) is 43.1 Å². The van der Waals surface area contributed by atoms with E-state index in [0.29, 0.717) is 55.3 Å². The van der Waals surface area contributed by atoms with Crippen molar-refractivity contribution in [1.29, 1.82) is 0 Å². The van der Waals surface area contributed by atoms with Crippen molar-refractivity contribution in [2.75, 3.05) is 66.4 Å². The average molecular weight is 951 g/mol. The first-order valence-electron chi connectivity index (χ1n) is 25.1. The highest BCUT2D eigenvalue weighted by molar-refractivity contribution is 6.11. The van der Waals surface area contributed by atoms with E-state index in [0.717, 1.165) is 60.9 Å². The van der Waals surface area contributed by atoms with Crippen molar-refractivity contribution < 1.29 is 63.6 Å². The largest absolute Gasteiger partial charge is 0.492 e. The van der Waals surface area contributed by atoms with E-state index in [4.69, 9.17) is 23.7 Å². The van der Waals surface area contributed by atoms with E-state index in [-0.39, 0.29) is 109 Å². The summed E-state index contributed by atoms with van der Waals surface area (Å²) in [6.45, 7) is 3.42. The van der Waals surface area contributed by atoms with Crippen molar-refractivity contribution in [3.05, 3.63) is 81.3 Å². The summed E-state index contributed by atoms with van der Waals surface area (Å²) in [6.07, 6.45) is 11.4. The first-order valence-corrected chi connectivity index (χ1v) is 25.1. The number of piperidine rings is 1. The summed E-state index contributed by atoms with van der Waals surface area (Å²) in [4.78, 5) is 48.1. The summed E-state index contributed by atoms with van der Waals surface area (Å²) in [5.41, 5.74) is 1.57. The number of aliphatic hydroxyl groups excluding tert-OH is 4. The lowest BCUT2D eigenvalue weighted by molar-refractivity contribution is -0.225. The number of carbonyl (C=O) groups is 3. The Labute approximate surface area is 402 Å². The smallest absolute Gasteiger partial charge is 0.375 e. The number of allylic oxidation sites excluding steroid dienone is 4. The summed E-state index contributed by atoms with van der Waals surface area (Å²) in [6, 6.07) is 5.99. The number of aryl methyl sites for hydroxylation is 1. The maximum absolute atomic E-state index is 14.6. The summed E-state index contributed by atoms with van der Waals surface area (Å²) in [5, 5.41) is 58.8. The molecule has 6 N–H and O–H groups in total. The second-order valence-electron chi connectivity index (χ2n) is 20.4. The SMILES string of the molecule is CCOC(=O)C1=C(C=O)/C2=C3/C[C@H](CO)C(=O)[C@H](C3)c3cc4cc[nH]c4cc3CC[C@H](CO)COc3c4c(c(CO)c(c32)O1)O[C@@]1(C=C[C@@H](CCO)[C@H]2CC[C@@H]3CN(CCCOC)CC[C@@H]3[C@]21O)C4. The quantitative estimate of drug-likeness (QED) is 0.0619. The van der Waals surface area contributed by atoms with Crippen LogP contribution in [0.25, 0.3) is 16.5 Å². The lowest BCUT2D eigenvalue weighted by atomic mass is 9.50. The average Bonchev–Trinajstić information content (AvgIpc) is 3.99. The number of ether oxygens (including phenoxy) is 5. The number of hydrogen-bond acceptors (Lipinski definition) is 14. The summed E-state index contributed by atoms with van der Waals surface area (Å²) in [5.74, 6) is -3.36. The Bertz CT molecular complexity index is 2600. The number of hydrogen-bond donors (Lipinski definition) is 6. The van der Waals surface area contributed by atoms with Crippen LogP contribution in [0.2, 0.25) is 0 Å². The van der Waals surface area contributed by atoms with Crippen molar-refractivity contribution in [1.82, 2.24) is 9.88 Å². The van der Waals surface area contributed by atoms with E-state index in [1.54, 1.807) is 14.0 Å². The predicted molar refractivity (Wildman–Crippen MR) is 253 cm³/mol. The van der Waals surface area contributed by atoms with E-state index in [1.807, 2.05) is 30.5 Å². The van der Waals surface area contributed by atoms with E-state index < -0.39 is 53.9 Å². The Kier molecular flexibility index (Phi) is 13.4. The van der Waals surface area contributed by atoms with E-state index >= 15 is 0 Å². The lowest BCUT2D eigenvalue weighted by Crippen LogP contribution is -2.71. The summed E-state index contributed by atoms with van der Waals surface area (Å²) < 4.78 is 31.8. The zero-order chi connectivity index (χ0) is 48.2. The first kappa shape index (κ1) is 47.8. The molecule has 2 aromatic carbocycles. The Balaban J connectivity index is 1.19. The number of H-pyrrole nitrogens is 1. The van der Waals surface area contributed by atoms with Gasteiger partial charge in [-0.2, -0.15) is 0 Å². The van der Waals surface area contributed by atoms with Crippen LogP contribution < -0.4 is 14.2 Å². The van der Waals surface area contributed by atoms with Gasteiger partial charge in [0.2, 0.25) is 5.76 Å². The minimum absolute atomic E-state index is 0.0148. The van der Waals surface area contributed by atoms with Gasteiger partial charge in [0.25, 0.3) is 0 Å². The summed E-state index contributed by atoms with van der Waals surface area (Å²) in [7, 11) is 1.71. The predicted octanol–water partition coefficient (Wildman–Crippen LogP) is 4.87. The number of nitrogens with zero attached hydrogens (tertiary/aromatic N) is 1. The zero-order valence-corrected chi connectivity index (χ0v) is 39.7. The third-order valence-corrected chi connectivity index (χ3v) is 16.9. The van der Waals surface area contributed by atoms with Gasteiger partial charge in [-0.05, 0) is 136 Å². The molecule has 4 aliphatic heterocycles. The lowest BCUT2D eigenvalue weighted by Gasteiger charge is -2.61. The highest BCUT2D eigenvalue weighted by atomic mass is 16.6.